The molecule has 0 atom stereocenters. The number of allylic oxidation sites excluding steroid dienone is 1. The predicted molar refractivity (Wildman–Crippen MR) is 62.3 cm³/mol. The van der Waals surface area contributed by atoms with Gasteiger partial charge in [0.2, 0.25) is 5.88 Å². The Morgan fingerprint density at radius 2 is 2.40 bits per heavy atom. The minimum Gasteiger partial charge on any atom is -0.472 e. The van der Waals surface area contributed by atoms with Crippen molar-refractivity contribution < 1.29 is 4.74 Å². The summed E-state index contributed by atoms with van der Waals surface area (Å²) in [5, 5.41) is 3.58. The number of aromatic nitrogens is 1. The van der Waals surface area contributed by atoms with Crippen LogP contribution < -0.4 is 10.1 Å². The Morgan fingerprint density at radius 1 is 1.60 bits per heavy atom. The van der Waals surface area contributed by atoms with Gasteiger partial charge in [-0.15, -0.1) is 0 Å². The van der Waals surface area contributed by atoms with Gasteiger partial charge in [-0.3, -0.25) is 0 Å². The maximum Gasteiger partial charge on any atom is 0.232 e. The quantitative estimate of drug-likeness (QED) is 0.783. The van der Waals surface area contributed by atoms with Crippen molar-refractivity contribution in [2.45, 2.75) is 13.5 Å². The third-order valence-electron chi connectivity index (χ3n) is 1.80. The Hall–Kier alpha value is -1.06. The Balaban J connectivity index is 2.65. The Bertz CT molecular complexity index is 339. The second-order valence-electron chi connectivity index (χ2n) is 3.04. The Kier molecular flexibility index (Phi) is 5.15. The second kappa shape index (κ2) is 6.43. The van der Waals surface area contributed by atoms with Crippen molar-refractivity contribution in [3.63, 3.8) is 0 Å². The molecule has 0 fully saturated rings. The zero-order valence-electron chi connectivity index (χ0n) is 8.96. The van der Waals surface area contributed by atoms with E-state index in [9.17, 15) is 0 Å². The highest BCUT2D eigenvalue weighted by molar-refractivity contribution is 6.31. The van der Waals surface area contributed by atoms with Crippen molar-refractivity contribution in [2.24, 2.45) is 0 Å². The van der Waals surface area contributed by atoms with Gasteiger partial charge < -0.3 is 10.1 Å². The van der Waals surface area contributed by atoms with Gasteiger partial charge in [-0.05, 0) is 25.6 Å². The van der Waals surface area contributed by atoms with Gasteiger partial charge in [-0.25, -0.2) is 4.98 Å². The summed E-state index contributed by atoms with van der Waals surface area (Å²) in [6.45, 7) is 3.19. The third kappa shape index (κ3) is 3.90. The number of ether oxygens (including phenoxy) is 1. The van der Waals surface area contributed by atoms with Gasteiger partial charge in [-0.2, -0.15) is 0 Å². The molecule has 1 heterocycles. The lowest BCUT2D eigenvalue weighted by atomic mass is 10.3. The van der Waals surface area contributed by atoms with E-state index in [-0.39, 0.29) is 0 Å². The first-order valence-electron chi connectivity index (χ1n) is 4.81. The first-order valence-corrected chi connectivity index (χ1v) is 5.18. The molecule has 1 rings (SSSR count). The molecule has 0 unspecified atom stereocenters. The van der Waals surface area contributed by atoms with Crippen LogP contribution in [0.15, 0.2) is 24.4 Å². The van der Waals surface area contributed by atoms with Crippen molar-refractivity contribution in [1.82, 2.24) is 10.3 Å². The number of pyridine rings is 1. The van der Waals surface area contributed by atoms with E-state index in [0.29, 0.717) is 17.5 Å². The lowest BCUT2D eigenvalue weighted by molar-refractivity contribution is 0.348. The summed E-state index contributed by atoms with van der Waals surface area (Å²) >= 11 is 6.00. The van der Waals surface area contributed by atoms with Gasteiger partial charge in [0.15, 0.2) is 0 Å². The lowest BCUT2D eigenvalue weighted by Gasteiger charge is -2.06. The van der Waals surface area contributed by atoms with Crippen LogP contribution in [0, 0.1) is 0 Å². The molecule has 0 aliphatic carbocycles. The van der Waals surface area contributed by atoms with Gasteiger partial charge >= 0.3 is 0 Å². The van der Waals surface area contributed by atoms with Crippen LogP contribution >= 0.6 is 11.6 Å². The molecule has 1 aromatic rings. The molecule has 1 N–H and O–H groups in total. The summed E-state index contributed by atoms with van der Waals surface area (Å²) < 4.78 is 5.36. The van der Waals surface area contributed by atoms with Gasteiger partial charge in [0.1, 0.15) is 11.6 Å². The lowest BCUT2D eigenvalue weighted by Crippen LogP contribution is -2.06. The number of nitrogens with one attached hydrogen (secondary N) is 1. The molecule has 0 spiro atoms. The van der Waals surface area contributed by atoms with Crippen LogP contribution in [-0.4, -0.2) is 18.6 Å². The topological polar surface area (TPSA) is 34.1 Å². The molecule has 0 saturated heterocycles. The van der Waals surface area contributed by atoms with Crippen LogP contribution in [0.2, 0.25) is 5.02 Å². The molecular weight excluding hydrogens is 212 g/mol. The van der Waals surface area contributed by atoms with E-state index in [1.807, 2.05) is 32.2 Å². The molecule has 0 aliphatic heterocycles. The molecule has 0 bridgehead atoms. The fourth-order valence-electron chi connectivity index (χ4n) is 1.10. The molecule has 15 heavy (non-hydrogen) atoms. The fourth-order valence-corrected chi connectivity index (χ4v) is 1.34. The average Bonchev–Trinajstić information content (AvgIpc) is 2.22. The van der Waals surface area contributed by atoms with Gasteiger partial charge in [0, 0.05) is 12.7 Å². The normalized spacial score (nSPS) is 10.9. The second-order valence-corrected chi connectivity index (χ2v) is 3.45. The number of nitrogens with zero attached hydrogens (tertiary/aromatic N) is 1. The summed E-state index contributed by atoms with van der Waals surface area (Å²) in [4.78, 5) is 4.14. The van der Waals surface area contributed by atoms with E-state index in [2.05, 4.69) is 10.3 Å². The van der Waals surface area contributed by atoms with Crippen LogP contribution in [0.4, 0.5) is 0 Å². The largest absolute Gasteiger partial charge is 0.472 e. The maximum absolute atomic E-state index is 6.00. The van der Waals surface area contributed by atoms with Crippen LogP contribution in [0.25, 0.3) is 0 Å². The van der Waals surface area contributed by atoms with Crippen LogP contribution in [0.1, 0.15) is 12.5 Å². The van der Waals surface area contributed by atoms with Crippen molar-refractivity contribution in [1.29, 1.82) is 0 Å². The molecule has 82 valence electrons. The van der Waals surface area contributed by atoms with Crippen molar-refractivity contribution >= 4 is 11.6 Å². The molecule has 0 saturated carbocycles. The molecule has 0 aromatic carbocycles. The fraction of sp³-hybridized carbons (Fsp3) is 0.364. The monoisotopic (exact) mass is 226 g/mol. The highest BCUT2D eigenvalue weighted by atomic mass is 35.5. The van der Waals surface area contributed by atoms with Crippen LogP contribution in [-0.2, 0) is 6.54 Å². The van der Waals surface area contributed by atoms with Crippen LogP contribution in [0.5, 0.6) is 5.88 Å². The third-order valence-corrected chi connectivity index (χ3v) is 2.07. The van der Waals surface area contributed by atoms with Crippen molar-refractivity contribution in [3.8, 4) is 5.88 Å². The zero-order valence-corrected chi connectivity index (χ0v) is 9.71. The van der Waals surface area contributed by atoms with E-state index in [1.54, 1.807) is 6.20 Å². The Morgan fingerprint density at radius 3 is 3.00 bits per heavy atom. The number of hydrogen-bond acceptors (Lipinski definition) is 3. The molecule has 1 aromatic heterocycles. The van der Waals surface area contributed by atoms with Gasteiger partial charge in [0.05, 0.1) is 0 Å². The maximum atomic E-state index is 6.00. The number of rotatable bonds is 5. The summed E-state index contributed by atoms with van der Waals surface area (Å²) in [5.41, 5.74) is 1.04. The van der Waals surface area contributed by atoms with Gasteiger partial charge in [-0.1, -0.05) is 23.8 Å². The molecule has 4 heteroatoms. The highest BCUT2D eigenvalue weighted by Crippen LogP contribution is 2.22. The molecule has 3 nitrogen and oxygen atoms in total. The number of halogens is 1. The van der Waals surface area contributed by atoms with Crippen LogP contribution in [0.3, 0.4) is 0 Å². The molecule has 0 radical (unpaired) electrons. The van der Waals surface area contributed by atoms with Crippen molar-refractivity contribution in [2.75, 3.05) is 13.7 Å². The SMILES string of the molecule is CC=CCOc1ncc(CNC)cc1Cl. The Labute approximate surface area is 95.1 Å². The molecule has 0 amide bonds. The molecular formula is C11H15ClN2O. The van der Waals surface area contributed by atoms with E-state index in [1.165, 1.54) is 0 Å². The summed E-state index contributed by atoms with van der Waals surface area (Å²) in [5.74, 6) is 0.481. The minimum absolute atomic E-state index is 0.481. The summed E-state index contributed by atoms with van der Waals surface area (Å²) in [6, 6.07) is 1.86. The summed E-state index contributed by atoms with van der Waals surface area (Å²) in [7, 11) is 1.88. The predicted octanol–water partition coefficient (Wildman–Crippen LogP) is 2.41. The highest BCUT2D eigenvalue weighted by Gasteiger charge is 2.03. The average molecular weight is 227 g/mol. The smallest absolute Gasteiger partial charge is 0.232 e. The first kappa shape index (κ1) is 12.0. The first-order chi connectivity index (χ1) is 7.27. The number of hydrogen-bond donors (Lipinski definition) is 1. The van der Waals surface area contributed by atoms with E-state index < -0.39 is 0 Å². The van der Waals surface area contributed by atoms with E-state index >= 15 is 0 Å². The zero-order chi connectivity index (χ0) is 11.1. The van der Waals surface area contributed by atoms with Gasteiger partial charge in [0.25, 0.3) is 0 Å². The van der Waals surface area contributed by atoms with E-state index in [4.69, 9.17) is 16.3 Å². The minimum atomic E-state index is 0.481. The summed E-state index contributed by atoms with van der Waals surface area (Å²) in [6.07, 6.45) is 5.58. The van der Waals surface area contributed by atoms with Crippen molar-refractivity contribution in [3.05, 3.63) is 35.0 Å². The molecule has 0 aliphatic rings. The van der Waals surface area contributed by atoms with E-state index in [0.717, 1.165) is 12.1 Å². The standard InChI is InChI=1S/C11H15ClN2O/c1-3-4-5-15-11-10(12)6-9(7-13-2)8-14-11/h3-4,6,8,13H,5,7H2,1-2H3.